The van der Waals surface area contributed by atoms with Crippen LogP contribution in [-0.2, 0) is 40.1 Å². The first-order valence-electron chi connectivity index (χ1n) is 21.6. The van der Waals surface area contributed by atoms with Crippen molar-refractivity contribution in [2.45, 2.75) is 19.6 Å². The standard InChI is InChI=1S/C46H34N12O12S8/c59-39(51-27-1-9-31(10-2-27)75(63,64)55-43-47-17-21-71-43)35-25-37(41(61)53-29-5-13-33(14-6-29)77(67,68)57-45-49-19-23-73-45)38(42(62)54-30-7-15-34(16-8-30)78(69,70)58-46-50-20-24-74-46)26-36(35)40(60)52-28-3-11-32(12-4-28)76(65,66)56-44-48-18-22-72-44/h1-26H,(H8,47,48,49,50,51,52,53,54,55,56,57,58,59,60,61,62)/p-4. The lowest BCUT2D eigenvalue weighted by Crippen LogP contribution is -2.26. The van der Waals surface area contributed by atoms with E-state index in [2.05, 4.69) is 60.1 Å². The molecule has 0 spiro atoms. The van der Waals surface area contributed by atoms with E-state index in [1.54, 1.807) is 0 Å². The van der Waals surface area contributed by atoms with E-state index >= 15 is 0 Å². The van der Waals surface area contributed by atoms with Crippen LogP contribution >= 0.6 is 45.3 Å². The summed E-state index contributed by atoms with van der Waals surface area (Å²) in [7, 11) is -17.0. The Kier molecular flexibility index (Phi) is 15.7. The van der Waals surface area contributed by atoms with Crippen molar-refractivity contribution in [2.24, 2.45) is 0 Å². The predicted octanol–water partition coefficient (Wildman–Crippen LogP) is 10.1. The van der Waals surface area contributed by atoms with Gasteiger partial charge in [0.2, 0.25) is 40.1 Å². The Morgan fingerprint density at radius 2 is 0.513 bits per heavy atom. The van der Waals surface area contributed by atoms with Crippen molar-refractivity contribution in [1.29, 1.82) is 0 Å². The molecule has 4 amide bonds. The summed E-state index contributed by atoms with van der Waals surface area (Å²) in [6, 6.07) is 20.9. The van der Waals surface area contributed by atoms with E-state index in [4.69, 9.17) is 0 Å². The zero-order valence-electron chi connectivity index (χ0n) is 38.8. The highest BCUT2D eigenvalue weighted by Crippen LogP contribution is 2.34. The van der Waals surface area contributed by atoms with Crippen molar-refractivity contribution >= 4 is 152 Å². The molecule has 0 aliphatic heterocycles. The average molecular weight is 1200 g/mol. The number of hydrogen-bond acceptors (Lipinski definition) is 20. The molecule has 0 bridgehead atoms. The molecule has 9 aromatic rings. The molecular weight excluding hydrogens is 1170 g/mol. The summed E-state index contributed by atoms with van der Waals surface area (Å²) < 4.78 is 119. The molecule has 0 atom stereocenters. The third-order valence-electron chi connectivity index (χ3n) is 10.2. The summed E-state index contributed by atoms with van der Waals surface area (Å²) in [6.45, 7) is 0. The number of benzene rings is 5. The molecule has 0 radical (unpaired) electrons. The van der Waals surface area contributed by atoms with Gasteiger partial charge in [0.15, 0.2) is 0 Å². The van der Waals surface area contributed by atoms with Gasteiger partial charge in [-0.15, -0.1) is 0 Å². The summed E-state index contributed by atoms with van der Waals surface area (Å²) in [5.74, 6) is -4.25. The van der Waals surface area contributed by atoms with Gasteiger partial charge in [-0.25, -0.2) is 33.7 Å². The number of rotatable bonds is 20. The SMILES string of the molecule is O=C(Nc1ccc(S(=O)(=O)[N-]c2nccs2)cc1)c1cc(C(=O)Nc2ccc(S(=O)(=O)[N-]c3nccs3)cc2)c(C(=O)Nc2ccc(S(=O)(=O)[N-]c3nccs3)cc2)cc1C(=O)Nc1ccc(S(=O)(=O)[N-]c2nccs2)cc1. The molecule has 4 heterocycles. The zero-order valence-corrected chi connectivity index (χ0v) is 45.3. The average Bonchev–Trinajstić information content (AvgIpc) is 4.31. The maximum Gasteiger partial charge on any atom is 0.256 e. The third kappa shape index (κ3) is 13.0. The Bertz CT molecular complexity index is 3600. The second-order valence-electron chi connectivity index (χ2n) is 15.4. The van der Waals surface area contributed by atoms with E-state index in [1.165, 1.54) is 94.8 Å². The fourth-order valence-corrected chi connectivity index (χ4v) is 13.3. The van der Waals surface area contributed by atoms with Gasteiger partial charge in [0.05, 0.1) is 41.8 Å². The molecule has 5 aromatic carbocycles. The van der Waals surface area contributed by atoms with Gasteiger partial charge >= 0.3 is 0 Å². The molecule has 0 aliphatic rings. The molecule has 78 heavy (non-hydrogen) atoms. The number of nitrogens with one attached hydrogen (secondary N) is 4. The first-order chi connectivity index (χ1) is 37.2. The van der Waals surface area contributed by atoms with Crippen LogP contribution in [0, 0.1) is 0 Å². The summed E-state index contributed by atoms with van der Waals surface area (Å²) in [4.78, 5) is 72.2. The number of thiazole rings is 4. The van der Waals surface area contributed by atoms with Gasteiger partial charge in [0, 0.05) is 43.3 Å². The van der Waals surface area contributed by atoms with E-state index in [0.29, 0.717) is 0 Å². The quantitative estimate of drug-likeness (QED) is 0.0551. The Hall–Kier alpha value is -8.50. The number of nitrogens with zero attached hydrogens (tertiary/aromatic N) is 8. The Labute approximate surface area is 459 Å². The van der Waals surface area contributed by atoms with Crippen LogP contribution in [-0.4, -0.2) is 77.2 Å². The molecule has 0 saturated carbocycles. The van der Waals surface area contributed by atoms with E-state index in [1.807, 2.05) is 0 Å². The highest BCUT2D eigenvalue weighted by molar-refractivity contribution is 7.95. The normalized spacial score (nSPS) is 11.7. The highest BCUT2D eigenvalue weighted by Gasteiger charge is 2.28. The largest absolute Gasteiger partial charge is 0.433 e. The van der Waals surface area contributed by atoms with Gasteiger partial charge in [-0.05, 0) is 131 Å². The molecule has 0 aliphatic carbocycles. The molecule has 0 saturated heterocycles. The van der Waals surface area contributed by atoms with E-state index in [0.717, 1.165) is 106 Å². The van der Waals surface area contributed by atoms with Gasteiger partial charge in [0.25, 0.3) is 23.6 Å². The number of aromatic nitrogens is 4. The summed E-state index contributed by atoms with van der Waals surface area (Å²) in [5.41, 5.74) is -2.15. The monoisotopic (exact) mass is 1200 g/mol. The van der Waals surface area contributed by atoms with E-state index < -0.39 is 86.0 Å². The lowest BCUT2D eigenvalue weighted by Gasteiger charge is -2.18. The lowest BCUT2D eigenvalue weighted by molar-refractivity contribution is 0.0980. The molecule has 32 heteroatoms. The fraction of sp³-hybridized carbons (Fsp3) is 0. The molecule has 0 fully saturated rings. The van der Waals surface area contributed by atoms with Gasteiger partial charge in [-0.1, -0.05) is 24.8 Å². The minimum atomic E-state index is -4.25. The predicted molar refractivity (Wildman–Crippen MR) is 293 cm³/mol. The summed E-state index contributed by atoms with van der Waals surface area (Å²) in [6.07, 6.45) is 5.50. The molecule has 4 aromatic heterocycles. The van der Waals surface area contributed by atoms with Crippen LogP contribution in [0.3, 0.4) is 0 Å². The van der Waals surface area contributed by atoms with Crippen LogP contribution in [0.4, 0.5) is 43.3 Å². The van der Waals surface area contributed by atoms with Crippen LogP contribution < -0.4 is 21.3 Å². The number of anilines is 4. The van der Waals surface area contributed by atoms with E-state index in [9.17, 15) is 52.8 Å². The zero-order chi connectivity index (χ0) is 55.2. The Morgan fingerprint density at radius 3 is 0.679 bits per heavy atom. The molecular formula is C46H30N12O12S8-4. The van der Waals surface area contributed by atoms with Gasteiger partial charge < -0.3 is 60.1 Å². The van der Waals surface area contributed by atoms with Crippen molar-refractivity contribution < 1.29 is 52.8 Å². The molecule has 24 nitrogen and oxygen atoms in total. The fourth-order valence-electron chi connectivity index (χ4n) is 6.65. The van der Waals surface area contributed by atoms with Gasteiger partial charge in [-0.2, -0.15) is 45.3 Å². The van der Waals surface area contributed by atoms with Crippen molar-refractivity contribution in [3.05, 3.63) is 197 Å². The van der Waals surface area contributed by atoms with Crippen molar-refractivity contribution in [1.82, 2.24) is 19.9 Å². The maximum atomic E-state index is 14.5. The summed E-state index contributed by atoms with van der Waals surface area (Å²) in [5, 5.41) is 16.3. The first kappa shape index (κ1) is 54.3. The number of sulfonamides is 4. The first-order valence-corrected chi connectivity index (χ1v) is 30.8. The summed E-state index contributed by atoms with van der Waals surface area (Å²) >= 11 is 3.95. The van der Waals surface area contributed by atoms with E-state index in [-0.39, 0.29) is 62.9 Å². The van der Waals surface area contributed by atoms with Crippen molar-refractivity contribution in [2.75, 3.05) is 21.3 Å². The number of amides is 4. The second kappa shape index (κ2) is 22.6. The van der Waals surface area contributed by atoms with Gasteiger partial charge in [-0.3, -0.25) is 19.2 Å². The number of carbonyl (C=O) groups excluding carboxylic acids is 4. The molecule has 4 N–H and O–H groups in total. The highest BCUT2D eigenvalue weighted by atomic mass is 32.2. The Balaban J connectivity index is 1.07. The minimum absolute atomic E-state index is 0.00566. The third-order valence-corrected chi connectivity index (χ3v) is 18.5. The molecule has 0 unspecified atom stereocenters. The second-order valence-corrected chi connectivity index (χ2v) is 25.3. The van der Waals surface area contributed by atoms with Crippen LogP contribution in [0.15, 0.2) is 175 Å². The van der Waals surface area contributed by atoms with Crippen molar-refractivity contribution in [3.63, 3.8) is 0 Å². The van der Waals surface area contributed by atoms with Crippen LogP contribution in [0.2, 0.25) is 0 Å². The molecule has 9 rings (SSSR count). The Morgan fingerprint density at radius 1 is 0.321 bits per heavy atom. The maximum absolute atomic E-state index is 14.5. The molecule has 398 valence electrons. The van der Waals surface area contributed by atoms with Gasteiger partial charge in [0.1, 0.15) is 0 Å². The van der Waals surface area contributed by atoms with Crippen molar-refractivity contribution in [3.8, 4) is 0 Å². The van der Waals surface area contributed by atoms with Crippen LogP contribution in [0.1, 0.15) is 41.4 Å². The smallest absolute Gasteiger partial charge is 0.256 e. The number of carbonyl (C=O) groups is 4. The number of hydrogen-bond donors (Lipinski definition) is 4. The topological polar surface area (TPSA) is 361 Å². The lowest BCUT2D eigenvalue weighted by atomic mass is 9.95. The van der Waals surface area contributed by atoms with Crippen LogP contribution in [0.25, 0.3) is 18.9 Å². The minimum Gasteiger partial charge on any atom is -0.433 e. The van der Waals surface area contributed by atoms with Crippen LogP contribution in [0.5, 0.6) is 0 Å².